The Morgan fingerprint density at radius 3 is 2.53 bits per heavy atom. The maximum Gasteiger partial charge on any atom is 0.161 e. The predicted octanol–water partition coefficient (Wildman–Crippen LogP) is 2.39. The van der Waals surface area contributed by atoms with Crippen molar-refractivity contribution in [3.63, 3.8) is 0 Å². The number of rotatable bonds is 3. The second kappa shape index (κ2) is 4.96. The molecule has 0 saturated carbocycles. The summed E-state index contributed by atoms with van der Waals surface area (Å²) in [7, 11) is 0. The quantitative estimate of drug-likeness (QED) is 0.872. The van der Waals surface area contributed by atoms with Crippen molar-refractivity contribution in [2.24, 2.45) is 0 Å². The minimum absolute atomic E-state index is 0.174. The largest absolute Gasteiger partial charge is 0.486 e. The Hall–Kier alpha value is -1.22. The van der Waals surface area contributed by atoms with Crippen LogP contribution in [0.4, 0.5) is 0 Å². The first-order valence-corrected chi connectivity index (χ1v) is 6.18. The van der Waals surface area contributed by atoms with E-state index in [0.717, 1.165) is 24.5 Å². The van der Waals surface area contributed by atoms with Crippen molar-refractivity contribution in [1.82, 2.24) is 5.32 Å². The second-order valence-corrected chi connectivity index (χ2v) is 5.40. The zero-order chi connectivity index (χ0) is 12.3. The van der Waals surface area contributed by atoms with Crippen molar-refractivity contribution in [2.75, 3.05) is 19.8 Å². The molecule has 3 heteroatoms. The Labute approximate surface area is 103 Å². The molecule has 1 N–H and O–H groups in total. The Bertz CT molecular complexity index is 382. The number of fused-ring (bicyclic) bond motifs is 1. The lowest BCUT2D eigenvalue weighted by atomic mass is 10.1. The van der Waals surface area contributed by atoms with Crippen LogP contribution in [0.3, 0.4) is 0 Å². The number of benzene rings is 1. The SMILES string of the molecule is CC(C)(C)NCCc1ccc2c(c1)OCCO2. The van der Waals surface area contributed by atoms with Crippen molar-refractivity contribution < 1.29 is 9.47 Å². The van der Waals surface area contributed by atoms with Gasteiger partial charge in [-0.1, -0.05) is 6.07 Å². The maximum atomic E-state index is 5.57. The molecular weight excluding hydrogens is 214 g/mol. The van der Waals surface area contributed by atoms with Gasteiger partial charge >= 0.3 is 0 Å². The van der Waals surface area contributed by atoms with Gasteiger partial charge in [0.15, 0.2) is 11.5 Å². The van der Waals surface area contributed by atoms with Gasteiger partial charge in [-0.05, 0) is 51.4 Å². The lowest BCUT2D eigenvalue weighted by molar-refractivity contribution is 0.171. The minimum atomic E-state index is 0.174. The molecule has 0 atom stereocenters. The molecule has 0 aliphatic carbocycles. The van der Waals surface area contributed by atoms with Crippen LogP contribution in [0.2, 0.25) is 0 Å². The molecule has 2 rings (SSSR count). The lowest BCUT2D eigenvalue weighted by Crippen LogP contribution is -2.37. The summed E-state index contributed by atoms with van der Waals surface area (Å²) in [5.41, 5.74) is 1.46. The van der Waals surface area contributed by atoms with Crippen molar-refractivity contribution in [1.29, 1.82) is 0 Å². The molecule has 1 heterocycles. The lowest BCUT2D eigenvalue weighted by Gasteiger charge is -2.21. The van der Waals surface area contributed by atoms with Crippen LogP contribution in [0.15, 0.2) is 18.2 Å². The molecule has 1 aliphatic rings. The van der Waals surface area contributed by atoms with Crippen molar-refractivity contribution in [2.45, 2.75) is 32.7 Å². The van der Waals surface area contributed by atoms with Gasteiger partial charge in [-0.25, -0.2) is 0 Å². The van der Waals surface area contributed by atoms with Crippen LogP contribution in [0.25, 0.3) is 0 Å². The van der Waals surface area contributed by atoms with Crippen LogP contribution in [0, 0.1) is 0 Å². The highest BCUT2D eigenvalue weighted by molar-refractivity contribution is 5.43. The van der Waals surface area contributed by atoms with Crippen molar-refractivity contribution in [3.05, 3.63) is 23.8 Å². The van der Waals surface area contributed by atoms with E-state index >= 15 is 0 Å². The average Bonchev–Trinajstić information content (AvgIpc) is 2.27. The fourth-order valence-corrected chi connectivity index (χ4v) is 1.83. The van der Waals surface area contributed by atoms with Gasteiger partial charge in [0.05, 0.1) is 0 Å². The number of nitrogens with one attached hydrogen (secondary N) is 1. The van der Waals surface area contributed by atoms with Crippen molar-refractivity contribution >= 4 is 0 Å². The van der Waals surface area contributed by atoms with Gasteiger partial charge in [0, 0.05) is 5.54 Å². The molecule has 17 heavy (non-hydrogen) atoms. The average molecular weight is 235 g/mol. The van der Waals surface area contributed by atoms with Crippen LogP contribution >= 0.6 is 0 Å². The summed E-state index contributed by atoms with van der Waals surface area (Å²) in [4.78, 5) is 0. The van der Waals surface area contributed by atoms with E-state index in [1.165, 1.54) is 5.56 Å². The van der Waals surface area contributed by atoms with Gasteiger partial charge in [0.25, 0.3) is 0 Å². The zero-order valence-electron chi connectivity index (χ0n) is 10.9. The molecule has 1 aromatic rings. The maximum absolute atomic E-state index is 5.57. The highest BCUT2D eigenvalue weighted by Crippen LogP contribution is 2.30. The van der Waals surface area contributed by atoms with E-state index in [2.05, 4.69) is 38.2 Å². The monoisotopic (exact) mass is 235 g/mol. The van der Waals surface area contributed by atoms with Crippen LogP contribution in [0.1, 0.15) is 26.3 Å². The topological polar surface area (TPSA) is 30.5 Å². The van der Waals surface area contributed by atoms with E-state index in [1.54, 1.807) is 0 Å². The molecular formula is C14H21NO2. The van der Waals surface area contributed by atoms with E-state index in [-0.39, 0.29) is 5.54 Å². The van der Waals surface area contributed by atoms with Crippen LogP contribution in [-0.2, 0) is 6.42 Å². The van der Waals surface area contributed by atoms with E-state index in [1.807, 2.05) is 6.07 Å². The molecule has 0 spiro atoms. The van der Waals surface area contributed by atoms with Crippen LogP contribution in [0.5, 0.6) is 11.5 Å². The standard InChI is InChI=1S/C14H21NO2/c1-14(2,3)15-7-6-11-4-5-12-13(10-11)17-9-8-16-12/h4-5,10,15H,6-9H2,1-3H3. The summed E-state index contributed by atoms with van der Waals surface area (Å²) in [6.45, 7) is 8.81. The third kappa shape index (κ3) is 3.63. The Balaban J connectivity index is 1.93. The molecule has 0 saturated heterocycles. The van der Waals surface area contributed by atoms with Crippen LogP contribution in [-0.4, -0.2) is 25.3 Å². The summed E-state index contributed by atoms with van der Waals surface area (Å²) in [6, 6.07) is 6.19. The summed E-state index contributed by atoms with van der Waals surface area (Å²) in [5.74, 6) is 1.74. The summed E-state index contributed by atoms with van der Waals surface area (Å²) >= 11 is 0. The number of hydrogen-bond donors (Lipinski definition) is 1. The van der Waals surface area contributed by atoms with E-state index < -0.39 is 0 Å². The fourth-order valence-electron chi connectivity index (χ4n) is 1.83. The second-order valence-electron chi connectivity index (χ2n) is 5.40. The van der Waals surface area contributed by atoms with Gasteiger partial charge in [-0.2, -0.15) is 0 Å². The molecule has 0 aromatic heterocycles. The summed E-state index contributed by atoms with van der Waals surface area (Å²) in [5, 5.41) is 3.48. The molecule has 1 aromatic carbocycles. The first-order chi connectivity index (χ1) is 8.04. The Kier molecular flexibility index (Phi) is 3.57. The molecule has 0 bridgehead atoms. The Morgan fingerprint density at radius 2 is 1.82 bits per heavy atom. The summed E-state index contributed by atoms with van der Waals surface area (Å²) in [6.07, 6.45) is 1.01. The third-order valence-electron chi connectivity index (χ3n) is 2.68. The highest BCUT2D eigenvalue weighted by Gasteiger charge is 2.12. The van der Waals surface area contributed by atoms with Gasteiger partial charge in [0.1, 0.15) is 13.2 Å². The summed E-state index contributed by atoms with van der Waals surface area (Å²) < 4.78 is 11.1. The normalized spacial score (nSPS) is 14.8. The molecule has 0 fully saturated rings. The van der Waals surface area contributed by atoms with E-state index in [4.69, 9.17) is 9.47 Å². The van der Waals surface area contributed by atoms with E-state index in [9.17, 15) is 0 Å². The first kappa shape index (κ1) is 12.2. The predicted molar refractivity (Wildman–Crippen MR) is 68.9 cm³/mol. The zero-order valence-corrected chi connectivity index (χ0v) is 10.9. The minimum Gasteiger partial charge on any atom is -0.486 e. The number of hydrogen-bond acceptors (Lipinski definition) is 3. The van der Waals surface area contributed by atoms with Crippen LogP contribution < -0.4 is 14.8 Å². The van der Waals surface area contributed by atoms with Gasteiger partial charge in [0.2, 0.25) is 0 Å². The first-order valence-electron chi connectivity index (χ1n) is 6.18. The highest BCUT2D eigenvalue weighted by atomic mass is 16.6. The Morgan fingerprint density at radius 1 is 1.12 bits per heavy atom. The molecule has 0 unspecified atom stereocenters. The number of ether oxygens (including phenoxy) is 2. The molecule has 0 radical (unpaired) electrons. The molecule has 1 aliphatic heterocycles. The van der Waals surface area contributed by atoms with Crippen molar-refractivity contribution in [3.8, 4) is 11.5 Å². The van der Waals surface area contributed by atoms with E-state index in [0.29, 0.717) is 13.2 Å². The van der Waals surface area contributed by atoms with Gasteiger partial charge < -0.3 is 14.8 Å². The van der Waals surface area contributed by atoms with Gasteiger partial charge in [-0.3, -0.25) is 0 Å². The molecule has 3 nitrogen and oxygen atoms in total. The smallest absolute Gasteiger partial charge is 0.161 e. The fraction of sp³-hybridized carbons (Fsp3) is 0.571. The molecule has 0 amide bonds. The van der Waals surface area contributed by atoms with Gasteiger partial charge in [-0.15, -0.1) is 0 Å². The third-order valence-corrected chi connectivity index (χ3v) is 2.68. The molecule has 94 valence electrons.